The second-order valence-corrected chi connectivity index (χ2v) is 4.57. The Hall–Kier alpha value is -1.74. The normalized spacial score (nSPS) is 12.4. The summed E-state index contributed by atoms with van der Waals surface area (Å²) in [6.07, 6.45) is 0.351. The minimum atomic E-state index is -0.475. The van der Waals surface area contributed by atoms with Crippen molar-refractivity contribution in [2.24, 2.45) is 0 Å². The Morgan fingerprint density at radius 3 is 2.16 bits per heavy atom. The van der Waals surface area contributed by atoms with E-state index in [1.807, 2.05) is 37.4 Å². The topological polar surface area (TPSA) is 12.0 Å². The van der Waals surface area contributed by atoms with Crippen molar-refractivity contribution < 1.29 is 8.78 Å². The lowest BCUT2D eigenvalue weighted by Crippen LogP contribution is -2.20. The molecule has 0 radical (unpaired) electrons. The number of hydrogen-bond acceptors (Lipinski definition) is 1. The van der Waals surface area contributed by atoms with Crippen molar-refractivity contribution in [2.75, 3.05) is 13.6 Å². The lowest BCUT2D eigenvalue weighted by atomic mass is 9.91. The molecule has 0 fully saturated rings. The van der Waals surface area contributed by atoms with Gasteiger partial charge in [0.1, 0.15) is 11.6 Å². The fourth-order valence-electron chi connectivity index (χ4n) is 2.25. The van der Waals surface area contributed by atoms with Crippen molar-refractivity contribution in [3.05, 3.63) is 71.3 Å². The first-order valence-corrected chi connectivity index (χ1v) is 6.34. The van der Waals surface area contributed by atoms with Gasteiger partial charge in [-0.25, -0.2) is 8.78 Å². The lowest BCUT2D eigenvalue weighted by Gasteiger charge is -2.18. The van der Waals surface area contributed by atoms with Crippen molar-refractivity contribution in [3.8, 4) is 0 Å². The number of benzene rings is 2. The van der Waals surface area contributed by atoms with E-state index in [-0.39, 0.29) is 11.5 Å². The molecule has 0 aromatic heterocycles. The Bertz CT molecular complexity index is 505. The van der Waals surface area contributed by atoms with Crippen LogP contribution in [0.25, 0.3) is 0 Å². The smallest absolute Gasteiger partial charge is 0.129 e. The van der Waals surface area contributed by atoms with Crippen molar-refractivity contribution in [2.45, 2.75) is 12.3 Å². The molecule has 0 aliphatic carbocycles. The third-order valence-corrected chi connectivity index (χ3v) is 3.23. The molecule has 0 saturated carbocycles. The molecular formula is C16H17F2N. The fraction of sp³-hybridized carbons (Fsp3) is 0.250. The van der Waals surface area contributed by atoms with Crippen LogP contribution in [0.15, 0.2) is 48.5 Å². The van der Waals surface area contributed by atoms with Gasteiger partial charge in [0.05, 0.1) is 0 Å². The van der Waals surface area contributed by atoms with Gasteiger partial charge in [-0.05, 0) is 31.2 Å². The van der Waals surface area contributed by atoms with Gasteiger partial charge < -0.3 is 5.32 Å². The molecule has 2 aromatic carbocycles. The second kappa shape index (κ2) is 6.43. The van der Waals surface area contributed by atoms with E-state index in [1.54, 1.807) is 0 Å². The van der Waals surface area contributed by atoms with Gasteiger partial charge in [0.2, 0.25) is 0 Å². The quantitative estimate of drug-likeness (QED) is 0.868. The molecule has 3 heteroatoms. The monoisotopic (exact) mass is 261 g/mol. The van der Waals surface area contributed by atoms with Crippen LogP contribution in [0.3, 0.4) is 0 Å². The van der Waals surface area contributed by atoms with Crippen LogP contribution < -0.4 is 5.32 Å². The Morgan fingerprint density at radius 1 is 0.947 bits per heavy atom. The highest BCUT2D eigenvalue weighted by atomic mass is 19.1. The van der Waals surface area contributed by atoms with E-state index >= 15 is 0 Å². The molecule has 2 aromatic rings. The van der Waals surface area contributed by atoms with Gasteiger partial charge in [0.25, 0.3) is 0 Å². The Balaban J connectivity index is 2.27. The van der Waals surface area contributed by atoms with Crippen LogP contribution in [-0.4, -0.2) is 13.6 Å². The van der Waals surface area contributed by atoms with E-state index in [0.29, 0.717) is 13.0 Å². The molecule has 0 spiro atoms. The summed E-state index contributed by atoms with van der Waals surface area (Å²) in [6.45, 7) is 0.678. The van der Waals surface area contributed by atoms with E-state index in [9.17, 15) is 8.78 Å². The zero-order chi connectivity index (χ0) is 13.7. The van der Waals surface area contributed by atoms with Crippen LogP contribution in [0, 0.1) is 11.6 Å². The largest absolute Gasteiger partial charge is 0.319 e. The van der Waals surface area contributed by atoms with E-state index in [1.165, 1.54) is 18.2 Å². The Labute approximate surface area is 112 Å². The van der Waals surface area contributed by atoms with Gasteiger partial charge in [0.15, 0.2) is 0 Å². The molecule has 0 heterocycles. The van der Waals surface area contributed by atoms with Crippen molar-refractivity contribution in [3.63, 3.8) is 0 Å². The van der Waals surface area contributed by atoms with Crippen LogP contribution in [0.5, 0.6) is 0 Å². The van der Waals surface area contributed by atoms with Gasteiger partial charge in [0, 0.05) is 18.0 Å². The second-order valence-electron chi connectivity index (χ2n) is 4.57. The van der Waals surface area contributed by atoms with Gasteiger partial charge in [-0.1, -0.05) is 36.4 Å². The van der Waals surface area contributed by atoms with Crippen LogP contribution >= 0.6 is 0 Å². The molecule has 1 nitrogen and oxygen atoms in total. The summed E-state index contributed by atoms with van der Waals surface area (Å²) in [5.41, 5.74) is 1.24. The summed E-state index contributed by atoms with van der Waals surface area (Å²) in [4.78, 5) is 0. The number of nitrogens with one attached hydrogen (secondary N) is 1. The maximum Gasteiger partial charge on any atom is 0.129 e. The van der Waals surface area contributed by atoms with Crippen LogP contribution in [0.4, 0.5) is 8.78 Å². The average Bonchev–Trinajstić information content (AvgIpc) is 2.43. The van der Waals surface area contributed by atoms with Crippen LogP contribution in [-0.2, 0) is 6.42 Å². The molecule has 1 unspecified atom stereocenters. The minimum Gasteiger partial charge on any atom is -0.319 e. The third kappa shape index (κ3) is 3.38. The zero-order valence-electron chi connectivity index (χ0n) is 10.9. The van der Waals surface area contributed by atoms with Gasteiger partial charge in [-0.15, -0.1) is 0 Å². The maximum atomic E-state index is 13.7. The van der Waals surface area contributed by atoms with Crippen LogP contribution in [0.1, 0.15) is 17.0 Å². The van der Waals surface area contributed by atoms with E-state index in [0.717, 1.165) is 5.56 Å². The summed E-state index contributed by atoms with van der Waals surface area (Å²) < 4.78 is 27.4. The molecular weight excluding hydrogens is 244 g/mol. The summed E-state index contributed by atoms with van der Waals surface area (Å²) in [5.74, 6) is -0.897. The molecule has 0 amide bonds. The van der Waals surface area contributed by atoms with Crippen molar-refractivity contribution >= 4 is 0 Å². The van der Waals surface area contributed by atoms with E-state index in [4.69, 9.17) is 0 Å². The molecule has 1 N–H and O–H groups in total. The highest BCUT2D eigenvalue weighted by molar-refractivity contribution is 5.26. The first kappa shape index (κ1) is 13.7. The third-order valence-electron chi connectivity index (χ3n) is 3.23. The Kier molecular flexibility index (Phi) is 4.63. The predicted octanol–water partition coefficient (Wildman–Crippen LogP) is 3.51. The average molecular weight is 261 g/mol. The van der Waals surface area contributed by atoms with Crippen LogP contribution in [0.2, 0.25) is 0 Å². The molecule has 0 saturated heterocycles. The molecule has 19 heavy (non-hydrogen) atoms. The Morgan fingerprint density at radius 2 is 1.58 bits per heavy atom. The predicted molar refractivity (Wildman–Crippen MR) is 73.2 cm³/mol. The molecule has 0 bridgehead atoms. The summed E-state index contributed by atoms with van der Waals surface area (Å²) in [7, 11) is 1.84. The first-order chi connectivity index (χ1) is 9.22. The van der Waals surface area contributed by atoms with Gasteiger partial charge in [-0.2, -0.15) is 0 Å². The summed E-state index contributed by atoms with van der Waals surface area (Å²) in [5, 5.41) is 3.08. The lowest BCUT2D eigenvalue weighted by molar-refractivity contribution is 0.529. The van der Waals surface area contributed by atoms with E-state index in [2.05, 4.69) is 5.32 Å². The molecule has 100 valence electrons. The highest BCUT2D eigenvalue weighted by Gasteiger charge is 2.16. The number of rotatable bonds is 5. The molecule has 1 atom stereocenters. The maximum absolute atomic E-state index is 13.7. The van der Waals surface area contributed by atoms with E-state index < -0.39 is 11.6 Å². The highest BCUT2D eigenvalue weighted by Crippen LogP contribution is 2.23. The first-order valence-electron chi connectivity index (χ1n) is 6.34. The minimum absolute atomic E-state index is 0.0533. The summed E-state index contributed by atoms with van der Waals surface area (Å²) >= 11 is 0. The number of halogens is 2. The molecule has 0 aliphatic heterocycles. The summed E-state index contributed by atoms with van der Waals surface area (Å²) in [6, 6.07) is 13.8. The van der Waals surface area contributed by atoms with Gasteiger partial charge >= 0.3 is 0 Å². The fourth-order valence-corrected chi connectivity index (χ4v) is 2.25. The number of hydrogen-bond donors (Lipinski definition) is 1. The SMILES string of the molecule is CNCC(Cc1c(F)cccc1F)c1ccccc1. The molecule has 2 rings (SSSR count). The standard InChI is InChI=1S/C16H17F2N/c1-19-11-13(12-6-3-2-4-7-12)10-14-15(17)8-5-9-16(14)18/h2-9,13,19H,10-11H2,1H3. The zero-order valence-corrected chi connectivity index (χ0v) is 10.9. The van der Waals surface area contributed by atoms with Crippen molar-refractivity contribution in [1.29, 1.82) is 0 Å². The number of likely N-dealkylation sites (N-methyl/N-ethyl adjacent to an activating group) is 1. The molecule has 0 aliphatic rings. The van der Waals surface area contributed by atoms with Gasteiger partial charge in [-0.3, -0.25) is 0 Å². The van der Waals surface area contributed by atoms with Crippen molar-refractivity contribution in [1.82, 2.24) is 5.32 Å².